The van der Waals surface area contributed by atoms with Crippen LogP contribution in [0, 0.1) is 0 Å². The molecular weight excluding hydrogens is 390 g/mol. The molecule has 7 heteroatoms. The Kier molecular flexibility index (Phi) is 8.05. The number of nitrogens with two attached hydrogens (primary N) is 1. The van der Waals surface area contributed by atoms with Crippen molar-refractivity contribution in [3.63, 3.8) is 0 Å². The highest BCUT2D eigenvalue weighted by atomic mass is 35.5. The standard InChI is InChI=1S/C22H27N3O3.ClH/c1-3-17(4-2)24-21(26)20-14-25(18-7-5-6-8-19(18)28-20)22(27)16-11-9-15(13-23)10-12-16;/h5-12,17,20H,3-4,13-14,23H2,1-2H3,(H,24,26);1H. The van der Waals surface area contributed by atoms with E-state index in [-0.39, 0.29) is 36.8 Å². The molecule has 0 fully saturated rings. The summed E-state index contributed by atoms with van der Waals surface area (Å²) in [6, 6.07) is 14.6. The van der Waals surface area contributed by atoms with Crippen molar-refractivity contribution in [2.24, 2.45) is 5.73 Å². The molecule has 156 valence electrons. The molecular formula is C22H28ClN3O3. The van der Waals surface area contributed by atoms with E-state index in [2.05, 4.69) is 5.32 Å². The third-order valence-corrected chi connectivity index (χ3v) is 5.08. The van der Waals surface area contributed by atoms with Gasteiger partial charge in [-0.1, -0.05) is 38.1 Å². The van der Waals surface area contributed by atoms with E-state index in [0.717, 1.165) is 18.4 Å². The van der Waals surface area contributed by atoms with Crippen molar-refractivity contribution in [3.8, 4) is 5.75 Å². The van der Waals surface area contributed by atoms with E-state index >= 15 is 0 Å². The van der Waals surface area contributed by atoms with Gasteiger partial charge in [-0.25, -0.2) is 0 Å². The van der Waals surface area contributed by atoms with Crippen LogP contribution >= 0.6 is 12.4 Å². The lowest BCUT2D eigenvalue weighted by molar-refractivity contribution is -0.128. The fraction of sp³-hybridized carbons (Fsp3) is 0.364. The molecule has 0 spiro atoms. The number of carbonyl (C=O) groups excluding carboxylic acids is 2. The van der Waals surface area contributed by atoms with Gasteiger partial charge in [-0.2, -0.15) is 0 Å². The van der Waals surface area contributed by atoms with Crippen LogP contribution in [-0.2, 0) is 11.3 Å². The van der Waals surface area contributed by atoms with Gasteiger partial charge in [0, 0.05) is 18.2 Å². The van der Waals surface area contributed by atoms with Crippen molar-refractivity contribution in [2.75, 3.05) is 11.4 Å². The summed E-state index contributed by atoms with van der Waals surface area (Å²) in [6.07, 6.45) is 0.950. The zero-order chi connectivity index (χ0) is 20.1. The van der Waals surface area contributed by atoms with Crippen molar-refractivity contribution in [1.82, 2.24) is 5.32 Å². The number of fused-ring (bicyclic) bond motifs is 1. The topological polar surface area (TPSA) is 84.7 Å². The maximum absolute atomic E-state index is 13.2. The van der Waals surface area contributed by atoms with E-state index in [1.807, 2.05) is 44.2 Å². The lowest BCUT2D eigenvalue weighted by Gasteiger charge is -2.34. The van der Waals surface area contributed by atoms with Gasteiger partial charge in [-0.05, 0) is 42.7 Å². The number of ether oxygens (including phenoxy) is 1. The molecule has 0 radical (unpaired) electrons. The fourth-order valence-electron chi connectivity index (χ4n) is 3.29. The Morgan fingerprint density at radius 2 is 1.79 bits per heavy atom. The number of hydrogen-bond acceptors (Lipinski definition) is 4. The molecule has 3 N–H and O–H groups in total. The first kappa shape index (κ1) is 22.7. The summed E-state index contributed by atoms with van der Waals surface area (Å²) in [6.45, 7) is 4.66. The summed E-state index contributed by atoms with van der Waals surface area (Å²) in [4.78, 5) is 27.5. The number of nitrogens with zero attached hydrogens (tertiary/aromatic N) is 1. The molecule has 2 aromatic carbocycles. The van der Waals surface area contributed by atoms with Crippen LogP contribution in [0.1, 0.15) is 42.6 Å². The van der Waals surface area contributed by atoms with E-state index in [1.165, 1.54) is 0 Å². The normalized spacial score (nSPS) is 15.2. The molecule has 0 aliphatic carbocycles. The number of benzene rings is 2. The Hall–Kier alpha value is -2.57. The minimum absolute atomic E-state index is 0. The number of hydrogen-bond donors (Lipinski definition) is 2. The maximum Gasteiger partial charge on any atom is 0.263 e. The van der Waals surface area contributed by atoms with Crippen molar-refractivity contribution >= 4 is 29.9 Å². The fourth-order valence-corrected chi connectivity index (χ4v) is 3.29. The van der Waals surface area contributed by atoms with Crippen LogP contribution < -0.4 is 20.7 Å². The molecule has 1 aliphatic heterocycles. The van der Waals surface area contributed by atoms with Gasteiger partial charge in [-0.15, -0.1) is 12.4 Å². The van der Waals surface area contributed by atoms with Crippen molar-refractivity contribution in [2.45, 2.75) is 45.4 Å². The molecule has 0 bridgehead atoms. The minimum atomic E-state index is -0.747. The number of carbonyl (C=O) groups is 2. The van der Waals surface area contributed by atoms with Gasteiger partial charge >= 0.3 is 0 Å². The van der Waals surface area contributed by atoms with E-state index in [1.54, 1.807) is 23.1 Å². The van der Waals surface area contributed by atoms with E-state index in [4.69, 9.17) is 10.5 Å². The molecule has 1 aliphatic rings. The molecule has 1 atom stereocenters. The summed E-state index contributed by atoms with van der Waals surface area (Å²) < 4.78 is 5.91. The number of anilines is 1. The van der Waals surface area contributed by atoms with Crippen LogP contribution in [-0.4, -0.2) is 30.5 Å². The molecule has 1 heterocycles. The zero-order valence-electron chi connectivity index (χ0n) is 16.8. The minimum Gasteiger partial charge on any atom is -0.477 e. The van der Waals surface area contributed by atoms with Gasteiger partial charge in [-0.3, -0.25) is 9.59 Å². The Morgan fingerprint density at radius 3 is 2.41 bits per heavy atom. The highest BCUT2D eigenvalue weighted by Gasteiger charge is 2.34. The monoisotopic (exact) mass is 417 g/mol. The summed E-state index contributed by atoms with van der Waals surface area (Å²) in [7, 11) is 0. The summed E-state index contributed by atoms with van der Waals surface area (Å²) in [5.41, 5.74) is 7.82. The quantitative estimate of drug-likeness (QED) is 0.755. The second kappa shape index (κ2) is 10.3. The number of nitrogens with one attached hydrogen (secondary N) is 1. The van der Waals surface area contributed by atoms with Crippen LogP contribution in [0.4, 0.5) is 5.69 Å². The highest BCUT2D eigenvalue weighted by Crippen LogP contribution is 2.34. The lowest BCUT2D eigenvalue weighted by Crippen LogP contribution is -2.52. The maximum atomic E-state index is 13.2. The number of para-hydroxylation sites is 2. The van der Waals surface area contributed by atoms with Crippen molar-refractivity contribution in [3.05, 3.63) is 59.7 Å². The molecule has 0 aromatic heterocycles. The van der Waals surface area contributed by atoms with Crippen LogP contribution in [0.2, 0.25) is 0 Å². The molecule has 0 saturated heterocycles. The van der Waals surface area contributed by atoms with Crippen LogP contribution in [0.15, 0.2) is 48.5 Å². The molecule has 2 amide bonds. The SMILES string of the molecule is CCC(CC)NC(=O)C1CN(C(=O)c2ccc(CN)cc2)c2ccccc2O1.Cl. The second-order valence-corrected chi connectivity index (χ2v) is 6.91. The van der Waals surface area contributed by atoms with Crippen molar-refractivity contribution in [1.29, 1.82) is 0 Å². The first-order valence-electron chi connectivity index (χ1n) is 9.74. The largest absolute Gasteiger partial charge is 0.477 e. The van der Waals surface area contributed by atoms with Crippen LogP contribution in [0.25, 0.3) is 0 Å². The highest BCUT2D eigenvalue weighted by molar-refractivity contribution is 6.07. The third kappa shape index (κ3) is 5.08. The van der Waals surface area contributed by atoms with Crippen molar-refractivity contribution < 1.29 is 14.3 Å². The second-order valence-electron chi connectivity index (χ2n) is 6.91. The Labute approximate surface area is 177 Å². The molecule has 6 nitrogen and oxygen atoms in total. The summed E-state index contributed by atoms with van der Waals surface area (Å²) in [5.74, 6) is 0.171. The number of halogens is 1. The summed E-state index contributed by atoms with van der Waals surface area (Å²) in [5, 5.41) is 3.02. The zero-order valence-corrected chi connectivity index (χ0v) is 17.6. The van der Waals surface area contributed by atoms with E-state index in [0.29, 0.717) is 23.5 Å². The first-order chi connectivity index (χ1) is 13.6. The van der Waals surface area contributed by atoms with E-state index < -0.39 is 6.10 Å². The smallest absolute Gasteiger partial charge is 0.263 e. The molecule has 3 rings (SSSR count). The van der Waals surface area contributed by atoms with E-state index in [9.17, 15) is 9.59 Å². The Morgan fingerprint density at radius 1 is 1.14 bits per heavy atom. The molecule has 29 heavy (non-hydrogen) atoms. The molecule has 1 unspecified atom stereocenters. The van der Waals surface area contributed by atoms with Crippen LogP contribution in [0.5, 0.6) is 5.75 Å². The third-order valence-electron chi connectivity index (χ3n) is 5.08. The first-order valence-corrected chi connectivity index (χ1v) is 9.74. The predicted octanol–water partition coefficient (Wildman–Crippen LogP) is 3.28. The lowest BCUT2D eigenvalue weighted by atomic mass is 10.1. The van der Waals surface area contributed by atoms with Gasteiger partial charge in [0.05, 0.1) is 12.2 Å². The van der Waals surface area contributed by atoms with Crippen LogP contribution in [0.3, 0.4) is 0 Å². The van der Waals surface area contributed by atoms with Gasteiger partial charge in [0.1, 0.15) is 5.75 Å². The Bertz CT molecular complexity index is 837. The average Bonchev–Trinajstić information content (AvgIpc) is 2.76. The number of rotatable bonds is 6. The Balaban J connectivity index is 0.00000300. The summed E-state index contributed by atoms with van der Waals surface area (Å²) >= 11 is 0. The number of amides is 2. The van der Waals surface area contributed by atoms with Gasteiger partial charge < -0.3 is 20.7 Å². The van der Waals surface area contributed by atoms with Gasteiger partial charge in [0.2, 0.25) is 0 Å². The van der Waals surface area contributed by atoms with Gasteiger partial charge in [0.15, 0.2) is 6.10 Å². The molecule has 0 saturated carbocycles. The molecule has 2 aromatic rings. The van der Waals surface area contributed by atoms with Gasteiger partial charge in [0.25, 0.3) is 11.8 Å². The predicted molar refractivity (Wildman–Crippen MR) is 117 cm³/mol. The average molecular weight is 418 g/mol.